The SMILES string of the molecule is CC(=O)/C=C/c1ccc(OC(C)C)c(O)c1. The molecule has 1 rings (SSSR count). The summed E-state index contributed by atoms with van der Waals surface area (Å²) in [6.07, 6.45) is 3.13. The third kappa shape index (κ3) is 3.77. The molecule has 3 heteroatoms. The fraction of sp³-hybridized carbons (Fsp3) is 0.308. The van der Waals surface area contributed by atoms with Crippen LogP contribution in [0.2, 0.25) is 0 Å². The molecule has 0 aliphatic carbocycles. The molecule has 1 N–H and O–H groups in total. The first kappa shape index (κ1) is 12.3. The normalized spacial score (nSPS) is 11.0. The fourth-order valence-electron chi connectivity index (χ4n) is 1.21. The van der Waals surface area contributed by atoms with Crippen LogP contribution < -0.4 is 4.74 Å². The number of benzene rings is 1. The summed E-state index contributed by atoms with van der Waals surface area (Å²) in [5.74, 6) is 0.511. The van der Waals surface area contributed by atoms with Crippen LogP contribution in [0.5, 0.6) is 11.5 Å². The maximum atomic E-state index is 10.7. The van der Waals surface area contributed by atoms with E-state index in [1.807, 2.05) is 13.8 Å². The zero-order chi connectivity index (χ0) is 12.1. The standard InChI is InChI=1S/C13H16O3/c1-9(2)16-13-7-6-11(8-12(13)15)5-4-10(3)14/h4-9,15H,1-3H3/b5-4+. The molecule has 0 spiro atoms. The summed E-state index contributed by atoms with van der Waals surface area (Å²) < 4.78 is 5.38. The van der Waals surface area contributed by atoms with Crippen molar-refractivity contribution in [1.29, 1.82) is 0 Å². The predicted molar refractivity (Wildman–Crippen MR) is 63.6 cm³/mol. The van der Waals surface area contributed by atoms with Crippen molar-refractivity contribution in [2.45, 2.75) is 26.9 Å². The maximum Gasteiger partial charge on any atom is 0.161 e. The molecule has 3 nitrogen and oxygen atoms in total. The van der Waals surface area contributed by atoms with Gasteiger partial charge in [0.05, 0.1) is 6.10 Å². The molecule has 0 aliphatic rings. The Labute approximate surface area is 95.4 Å². The van der Waals surface area contributed by atoms with Crippen molar-refractivity contribution in [2.24, 2.45) is 0 Å². The maximum absolute atomic E-state index is 10.7. The molecule has 0 radical (unpaired) electrons. The van der Waals surface area contributed by atoms with Gasteiger partial charge in [-0.2, -0.15) is 0 Å². The summed E-state index contributed by atoms with van der Waals surface area (Å²) in [5, 5.41) is 9.66. The van der Waals surface area contributed by atoms with E-state index < -0.39 is 0 Å². The molecule has 0 bridgehead atoms. The molecule has 0 saturated carbocycles. The molecular formula is C13H16O3. The van der Waals surface area contributed by atoms with E-state index in [2.05, 4.69) is 0 Å². The van der Waals surface area contributed by atoms with Crippen molar-refractivity contribution in [2.75, 3.05) is 0 Å². The summed E-state index contributed by atoms with van der Waals surface area (Å²) in [6.45, 7) is 5.26. The molecule has 0 amide bonds. The highest BCUT2D eigenvalue weighted by atomic mass is 16.5. The molecule has 0 aliphatic heterocycles. The zero-order valence-electron chi connectivity index (χ0n) is 9.73. The van der Waals surface area contributed by atoms with Gasteiger partial charge in [-0.05, 0) is 44.5 Å². The van der Waals surface area contributed by atoms with Gasteiger partial charge in [0.25, 0.3) is 0 Å². The first-order chi connectivity index (χ1) is 7.49. The van der Waals surface area contributed by atoms with Gasteiger partial charge in [0.1, 0.15) is 0 Å². The molecule has 1 aromatic rings. The van der Waals surface area contributed by atoms with Gasteiger partial charge >= 0.3 is 0 Å². The molecule has 0 aromatic heterocycles. The second kappa shape index (κ2) is 5.35. The molecule has 86 valence electrons. The number of allylic oxidation sites excluding steroid dienone is 1. The molecule has 0 atom stereocenters. The lowest BCUT2D eigenvalue weighted by atomic mass is 10.2. The van der Waals surface area contributed by atoms with E-state index in [1.165, 1.54) is 13.0 Å². The summed E-state index contributed by atoms with van der Waals surface area (Å²) in [4.78, 5) is 10.7. The van der Waals surface area contributed by atoms with Crippen LogP contribution in [0.3, 0.4) is 0 Å². The Morgan fingerprint density at radius 1 is 1.44 bits per heavy atom. The average Bonchev–Trinajstić information content (AvgIpc) is 2.18. The van der Waals surface area contributed by atoms with Crippen molar-refractivity contribution in [3.05, 3.63) is 29.8 Å². The Kier molecular flexibility index (Phi) is 4.11. The lowest BCUT2D eigenvalue weighted by molar-refractivity contribution is -0.112. The van der Waals surface area contributed by atoms with E-state index in [-0.39, 0.29) is 17.6 Å². The minimum Gasteiger partial charge on any atom is -0.504 e. The van der Waals surface area contributed by atoms with Gasteiger partial charge in [-0.1, -0.05) is 12.1 Å². The number of phenols is 1. The number of ketones is 1. The van der Waals surface area contributed by atoms with Gasteiger partial charge in [0, 0.05) is 0 Å². The van der Waals surface area contributed by atoms with E-state index in [0.717, 1.165) is 5.56 Å². The zero-order valence-corrected chi connectivity index (χ0v) is 9.73. The highest BCUT2D eigenvalue weighted by molar-refractivity contribution is 5.91. The third-order valence-electron chi connectivity index (χ3n) is 1.86. The number of phenolic OH excluding ortho intramolecular Hbond substituents is 1. The van der Waals surface area contributed by atoms with Crippen molar-refractivity contribution in [3.63, 3.8) is 0 Å². The van der Waals surface area contributed by atoms with Crippen molar-refractivity contribution in [1.82, 2.24) is 0 Å². The number of hydrogen-bond acceptors (Lipinski definition) is 3. The van der Waals surface area contributed by atoms with E-state index in [4.69, 9.17) is 4.74 Å². The smallest absolute Gasteiger partial charge is 0.161 e. The van der Waals surface area contributed by atoms with E-state index >= 15 is 0 Å². The van der Waals surface area contributed by atoms with Crippen molar-refractivity contribution in [3.8, 4) is 11.5 Å². The summed E-state index contributed by atoms with van der Waals surface area (Å²) in [5.41, 5.74) is 0.767. The van der Waals surface area contributed by atoms with Crippen LogP contribution in [0.4, 0.5) is 0 Å². The second-order valence-electron chi connectivity index (χ2n) is 3.84. The summed E-state index contributed by atoms with van der Waals surface area (Å²) in [7, 11) is 0. The predicted octanol–water partition coefficient (Wildman–Crippen LogP) is 2.78. The molecular weight excluding hydrogens is 204 g/mol. The Morgan fingerprint density at radius 2 is 2.12 bits per heavy atom. The van der Waals surface area contributed by atoms with Crippen LogP contribution in [0.1, 0.15) is 26.3 Å². The number of carbonyl (C=O) groups is 1. The van der Waals surface area contributed by atoms with Crippen LogP contribution in [0.15, 0.2) is 24.3 Å². The second-order valence-corrected chi connectivity index (χ2v) is 3.84. The largest absolute Gasteiger partial charge is 0.504 e. The third-order valence-corrected chi connectivity index (χ3v) is 1.86. The monoisotopic (exact) mass is 220 g/mol. The molecule has 0 unspecified atom stereocenters. The molecule has 0 saturated heterocycles. The molecule has 0 fully saturated rings. The van der Waals surface area contributed by atoms with Gasteiger partial charge in [-0.15, -0.1) is 0 Å². The van der Waals surface area contributed by atoms with Crippen LogP contribution >= 0.6 is 0 Å². The average molecular weight is 220 g/mol. The Balaban J connectivity index is 2.86. The Morgan fingerprint density at radius 3 is 2.62 bits per heavy atom. The number of hydrogen-bond donors (Lipinski definition) is 1. The number of ether oxygens (including phenoxy) is 1. The van der Waals surface area contributed by atoms with Gasteiger partial charge < -0.3 is 9.84 Å². The Hall–Kier alpha value is -1.77. The summed E-state index contributed by atoms with van der Waals surface area (Å²) in [6, 6.07) is 5.04. The van der Waals surface area contributed by atoms with Crippen molar-refractivity contribution < 1.29 is 14.6 Å². The van der Waals surface area contributed by atoms with E-state index in [0.29, 0.717) is 5.75 Å². The lowest BCUT2D eigenvalue weighted by Gasteiger charge is -2.11. The quantitative estimate of drug-likeness (QED) is 0.793. The van der Waals surface area contributed by atoms with E-state index in [1.54, 1.807) is 24.3 Å². The van der Waals surface area contributed by atoms with Gasteiger partial charge in [0.2, 0.25) is 0 Å². The van der Waals surface area contributed by atoms with Gasteiger partial charge in [0.15, 0.2) is 17.3 Å². The van der Waals surface area contributed by atoms with Gasteiger partial charge in [-0.3, -0.25) is 4.79 Å². The van der Waals surface area contributed by atoms with Crippen LogP contribution in [0.25, 0.3) is 6.08 Å². The van der Waals surface area contributed by atoms with Gasteiger partial charge in [-0.25, -0.2) is 0 Å². The first-order valence-corrected chi connectivity index (χ1v) is 5.17. The number of carbonyl (C=O) groups excluding carboxylic acids is 1. The van der Waals surface area contributed by atoms with Crippen LogP contribution in [-0.4, -0.2) is 17.0 Å². The van der Waals surface area contributed by atoms with Crippen LogP contribution in [-0.2, 0) is 4.79 Å². The molecule has 0 heterocycles. The topological polar surface area (TPSA) is 46.5 Å². The highest BCUT2D eigenvalue weighted by Crippen LogP contribution is 2.28. The first-order valence-electron chi connectivity index (χ1n) is 5.17. The molecule has 1 aromatic carbocycles. The van der Waals surface area contributed by atoms with E-state index in [9.17, 15) is 9.90 Å². The lowest BCUT2D eigenvalue weighted by Crippen LogP contribution is -2.05. The minimum absolute atomic E-state index is 0.0181. The summed E-state index contributed by atoms with van der Waals surface area (Å²) >= 11 is 0. The molecule has 16 heavy (non-hydrogen) atoms. The van der Waals surface area contributed by atoms with Crippen LogP contribution in [0, 0.1) is 0 Å². The van der Waals surface area contributed by atoms with Crippen molar-refractivity contribution >= 4 is 11.9 Å². The highest BCUT2D eigenvalue weighted by Gasteiger charge is 2.04. The number of aromatic hydroxyl groups is 1. The minimum atomic E-state index is -0.0259. The fourth-order valence-corrected chi connectivity index (χ4v) is 1.21. The Bertz CT molecular complexity index is 406. The number of rotatable bonds is 4.